The minimum absolute atomic E-state index is 0.0106. The molecule has 1 heterocycles. The van der Waals surface area contributed by atoms with Crippen molar-refractivity contribution in [3.63, 3.8) is 0 Å². The first-order valence-electron chi connectivity index (χ1n) is 11.2. The number of nitrogens with zero attached hydrogens (tertiary/aromatic N) is 1. The van der Waals surface area contributed by atoms with Gasteiger partial charge >= 0.3 is 11.9 Å². The predicted octanol–water partition coefficient (Wildman–Crippen LogP) is -1.05. The Kier molecular flexibility index (Phi) is 10.6. The highest BCUT2D eigenvalue weighted by Crippen LogP contribution is 2.05. The van der Waals surface area contributed by atoms with Crippen LogP contribution in [0.15, 0.2) is 42.9 Å². The second kappa shape index (κ2) is 13.6. The van der Waals surface area contributed by atoms with Gasteiger partial charge in [-0.15, -0.1) is 0 Å². The molecule has 0 aliphatic heterocycles. The third kappa shape index (κ3) is 9.18. The molecule has 0 saturated heterocycles. The van der Waals surface area contributed by atoms with Crippen LogP contribution in [0.25, 0.3) is 0 Å². The van der Waals surface area contributed by atoms with Gasteiger partial charge < -0.3 is 36.9 Å². The van der Waals surface area contributed by atoms with Gasteiger partial charge in [-0.1, -0.05) is 30.3 Å². The summed E-state index contributed by atoms with van der Waals surface area (Å²) in [5.74, 6) is -4.53. The first-order chi connectivity index (χ1) is 17.1. The third-order valence-electron chi connectivity index (χ3n) is 5.27. The van der Waals surface area contributed by atoms with Gasteiger partial charge in [-0.3, -0.25) is 19.2 Å². The average molecular weight is 503 g/mol. The number of hydrogen-bond acceptors (Lipinski definition) is 7. The number of nitrogens with two attached hydrogens (primary N) is 1. The maximum absolute atomic E-state index is 12.9. The summed E-state index contributed by atoms with van der Waals surface area (Å²) in [4.78, 5) is 67.0. The number of benzene rings is 1. The summed E-state index contributed by atoms with van der Waals surface area (Å²) < 4.78 is 0. The summed E-state index contributed by atoms with van der Waals surface area (Å²) in [6.07, 6.45) is 2.43. The zero-order valence-corrected chi connectivity index (χ0v) is 19.6. The molecule has 1 aromatic heterocycles. The first kappa shape index (κ1) is 28.0. The highest BCUT2D eigenvalue weighted by molar-refractivity contribution is 5.94. The molecule has 0 fully saturated rings. The van der Waals surface area contributed by atoms with Gasteiger partial charge in [-0.2, -0.15) is 0 Å². The van der Waals surface area contributed by atoms with Crippen LogP contribution < -0.4 is 21.7 Å². The minimum atomic E-state index is -1.23. The number of H-pyrrole nitrogens is 1. The lowest BCUT2D eigenvalue weighted by Gasteiger charge is -2.23. The zero-order valence-electron chi connectivity index (χ0n) is 19.6. The molecule has 2 rings (SSSR count). The number of carboxylic acids is 2. The molecule has 2 aromatic rings. The number of aromatic nitrogens is 2. The van der Waals surface area contributed by atoms with Gasteiger partial charge in [0.15, 0.2) is 0 Å². The highest BCUT2D eigenvalue weighted by atomic mass is 16.4. The van der Waals surface area contributed by atoms with Crippen molar-refractivity contribution in [1.29, 1.82) is 0 Å². The van der Waals surface area contributed by atoms with Crippen molar-refractivity contribution < 1.29 is 34.2 Å². The van der Waals surface area contributed by atoms with Crippen LogP contribution in [-0.4, -0.2) is 74.0 Å². The summed E-state index contributed by atoms with van der Waals surface area (Å²) in [5.41, 5.74) is 6.96. The topological polar surface area (TPSA) is 217 Å². The molecule has 0 saturated carbocycles. The number of aliphatic carboxylic acids is 2. The van der Waals surface area contributed by atoms with Crippen molar-refractivity contribution >= 4 is 29.7 Å². The van der Waals surface area contributed by atoms with Gasteiger partial charge in [0.1, 0.15) is 18.1 Å². The number of hydrogen-bond donors (Lipinski definition) is 7. The number of carboxylic acid groups (broad SMARTS) is 2. The van der Waals surface area contributed by atoms with E-state index in [9.17, 15) is 29.1 Å². The van der Waals surface area contributed by atoms with E-state index in [0.29, 0.717) is 11.3 Å². The van der Waals surface area contributed by atoms with Crippen molar-refractivity contribution in [2.24, 2.45) is 5.73 Å². The maximum atomic E-state index is 12.9. The molecule has 0 aliphatic rings. The first-order valence-corrected chi connectivity index (χ1v) is 11.2. The molecule has 194 valence electrons. The molecular weight excluding hydrogens is 472 g/mol. The Morgan fingerprint density at radius 3 is 2.19 bits per heavy atom. The standard InChI is InChI=1S/C23H30N6O7/c1-13(20(32)29-18(23(35)36)9-14-5-3-2-4-6-14)27-22(34)17(10-15-11-25-12-26-15)28-21(33)16(24)7-8-19(30)31/h2-6,11-13,16-18H,7-10,24H2,1H3,(H,25,26)(H,27,34)(H,28,33)(H,29,32)(H,30,31)(H,35,36). The molecular formula is C23H30N6O7. The van der Waals surface area contributed by atoms with E-state index in [1.807, 2.05) is 0 Å². The summed E-state index contributed by atoms with van der Waals surface area (Å²) in [5, 5.41) is 25.6. The number of rotatable bonds is 14. The van der Waals surface area contributed by atoms with Crippen molar-refractivity contribution in [3.05, 3.63) is 54.1 Å². The van der Waals surface area contributed by atoms with Crippen LogP contribution in [0, 0.1) is 0 Å². The van der Waals surface area contributed by atoms with E-state index < -0.39 is 53.8 Å². The Balaban J connectivity index is 2.03. The van der Waals surface area contributed by atoms with Gasteiger partial charge in [0.2, 0.25) is 17.7 Å². The van der Waals surface area contributed by atoms with E-state index in [2.05, 4.69) is 25.9 Å². The van der Waals surface area contributed by atoms with Gasteiger partial charge in [0, 0.05) is 31.2 Å². The fraction of sp³-hybridized carbons (Fsp3) is 0.391. The fourth-order valence-corrected chi connectivity index (χ4v) is 3.24. The quantitative estimate of drug-likeness (QED) is 0.167. The van der Waals surface area contributed by atoms with Crippen LogP contribution in [-0.2, 0) is 36.8 Å². The molecule has 8 N–H and O–H groups in total. The van der Waals surface area contributed by atoms with Gasteiger partial charge in [-0.25, -0.2) is 9.78 Å². The van der Waals surface area contributed by atoms with Crippen molar-refractivity contribution in [1.82, 2.24) is 25.9 Å². The number of aromatic amines is 1. The van der Waals surface area contributed by atoms with Crippen LogP contribution in [0.4, 0.5) is 0 Å². The second-order valence-corrected chi connectivity index (χ2v) is 8.20. The number of amides is 3. The number of carbonyl (C=O) groups excluding carboxylic acids is 3. The summed E-state index contributed by atoms with van der Waals surface area (Å²) in [7, 11) is 0. The van der Waals surface area contributed by atoms with E-state index in [1.54, 1.807) is 30.3 Å². The van der Waals surface area contributed by atoms with Gasteiger partial charge in [0.25, 0.3) is 0 Å². The minimum Gasteiger partial charge on any atom is -0.481 e. The van der Waals surface area contributed by atoms with E-state index in [0.717, 1.165) is 0 Å². The monoisotopic (exact) mass is 502 g/mol. The molecule has 0 aliphatic carbocycles. The number of carbonyl (C=O) groups is 5. The van der Waals surface area contributed by atoms with E-state index in [4.69, 9.17) is 10.8 Å². The van der Waals surface area contributed by atoms with Crippen molar-refractivity contribution in [2.75, 3.05) is 0 Å². The van der Waals surface area contributed by atoms with Crippen molar-refractivity contribution in [2.45, 2.75) is 56.8 Å². The summed E-state index contributed by atoms with van der Waals surface area (Å²) >= 11 is 0. The molecule has 13 heteroatoms. The Morgan fingerprint density at radius 2 is 1.61 bits per heavy atom. The molecule has 3 amide bonds. The van der Waals surface area contributed by atoms with E-state index in [-0.39, 0.29) is 25.7 Å². The van der Waals surface area contributed by atoms with E-state index in [1.165, 1.54) is 19.4 Å². The molecule has 13 nitrogen and oxygen atoms in total. The normalized spacial score (nSPS) is 14.1. The van der Waals surface area contributed by atoms with Crippen LogP contribution in [0.1, 0.15) is 31.0 Å². The molecule has 0 bridgehead atoms. The lowest BCUT2D eigenvalue weighted by molar-refractivity contribution is -0.142. The highest BCUT2D eigenvalue weighted by Gasteiger charge is 2.29. The Hall–Kier alpha value is -4.26. The maximum Gasteiger partial charge on any atom is 0.326 e. The van der Waals surface area contributed by atoms with Crippen LogP contribution in [0.5, 0.6) is 0 Å². The molecule has 36 heavy (non-hydrogen) atoms. The number of nitrogens with one attached hydrogen (secondary N) is 4. The number of imidazole rings is 1. The van der Waals surface area contributed by atoms with E-state index >= 15 is 0 Å². The molecule has 4 atom stereocenters. The lowest BCUT2D eigenvalue weighted by Crippen LogP contribution is -2.57. The third-order valence-corrected chi connectivity index (χ3v) is 5.27. The predicted molar refractivity (Wildman–Crippen MR) is 126 cm³/mol. The van der Waals surface area contributed by atoms with Gasteiger partial charge in [0.05, 0.1) is 12.4 Å². The van der Waals surface area contributed by atoms with Crippen LogP contribution in [0.3, 0.4) is 0 Å². The zero-order chi connectivity index (χ0) is 26.7. The smallest absolute Gasteiger partial charge is 0.326 e. The molecule has 0 spiro atoms. The average Bonchev–Trinajstić information content (AvgIpc) is 3.35. The summed E-state index contributed by atoms with van der Waals surface area (Å²) in [6, 6.07) is 4.09. The fourth-order valence-electron chi connectivity index (χ4n) is 3.24. The molecule has 0 radical (unpaired) electrons. The molecule has 1 aromatic carbocycles. The second-order valence-electron chi connectivity index (χ2n) is 8.20. The lowest BCUT2D eigenvalue weighted by atomic mass is 10.1. The van der Waals surface area contributed by atoms with Crippen LogP contribution >= 0.6 is 0 Å². The Labute approximate surface area is 206 Å². The molecule has 4 unspecified atom stereocenters. The Bertz CT molecular complexity index is 1040. The Morgan fingerprint density at radius 1 is 0.944 bits per heavy atom. The SMILES string of the molecule is CC(NC(=O)C(Cc1cnc[nH]1)NC(=O)C(N)CCC(=O)O)C(=O)NC(Cc1ccccc1)C(=O)O. The van der Waals surface area contributed by atoms with Gasteiger partial charge in [-0.05, 0) is 18.9 Å². The summed E-state index contributed by atoms with van der Waals surface area (Å²) in [6.45, 7) is 1.38. The van der Waals surface area contributed by atoms with Crippen LogP contribution in [0.2, 0.25) is 0 Å². The largest absolute Gasteiger partial charge is 0.481 e. The van der Waals surface area contributed by atoms with Crippen molar-refractivity contribution in [3.8, 4) is 0 Å².